The van der Waals surface area contributed by atoms with Gasteiger partial charge in [-0.2, -0.15) is 5.10 Å². The molecule has 1 aromatic carbocycles. The zero-order chi connectivity index (χ0) is 11.0. The van der Waals surface area contributed by atoms with E-state index in [1.807, 2.05) is 25.1 Å². The molecule has 0 unspecified atom stereocenters. The van der Waals surface area contributed by atoms with Gasteiger partial charge in [0.25, 0.3) is 0 Å². The minimum atomic E-state index is -0.509. The Balaban J connectivity index is 2.55. The third-order valence-electron chi connectivity index (χ3n) is 2.19. The number of hydrogen-bond acceptors (Lipinski definition) is 2. The average Bonchev–Trinajstić information content (AvgIpc) is 2.53. The molecule has 15 heavy (non-hydrogen) atoms. The second-order valence-electron chi connectivity index (χ2n) is 3.26. The van der Waals surface area contributed by atoms with Crippen LogP contribution in [0.3, 0.4) is 0 Å². The van der Waals surface area contributed by atoms with Crippen molar-refractivity contribution in [1.82, 2.24) is 10.2 Å². The topological polar surface area (TPSA) is 54.7 Å². The van der Waals surface area contributed by atoms with Crippen molar-refractivity contribution in [1.29, 1.82) is 0 Å². The quantitative estimate of drug-likeness (QED) is 0.837. The first-order chi connectivity index (χ1) is 7.09. The predicted octanol–water partition coefficient (Wildman–Crippen LogP) is 2.87. The fourth-order valence-corrected chi connectivity index (χ4v) is 1.66. The number of aromatic nitrogens is 2. The van der Waals surface area contributed by atoms with Gasteiger partial charge >= 0.3 is 0 Å². The van der Waals surface area contributed by atoms with Crippen molar-refractivity contribution in [2.24, 2.45) is 0 Å². The van der Waals surface area contributed by atoms with Crippen LogP contribution in [0.25, 0.3) is 11.3 Å². The fourth-order valence-electron chi connectivity index (χ4n) is 1.28. The molecule has 78 valence electrons. The van der Waals surface area contributed by atoms with E-state index in [0.29, 0.717) is 11.3 Å². The van der Waals surface area contributed by atoms with Crippen molar-refractivity contribution in [3.63, 3.8) is 0 Å². The summed E-state index contributed by atoms with van der Waals surface area (Å²) in [5.74, 6) is -0.618. The molecule has 0 bridgehead atoms. The molecule has 2 rings (SSSR count). The largest absolute Gasteiger partial charge is 0.380 e. The maximum Gasteiger partial charge on any atom is 0.192 e. The van der Waals surface area contributed by atoms with E-state index in [-0.39, 0.29) is 5.82 Å². The molecule has 0 amide bonds. The Labute approximate surface area is 94.6 Å². The molecule has 0 spiro atoms. The lowest BCUT2D eigenvalue weighted by atomic mass is 10.1. The SMILES string of the molecule is Cc1ccc(-c2[nH]nc(N)c2F)cc1Br. The lowest BCUT2D eigenvalue weighted by molar-refractivity contribution is 0.636. The molecular formula is C10H9BrFN3. The van der Waals surface area contributed by atoms with Crippen molar-refractivity contribution in [2.75, 3.05) is 5.73 Å². The number of H-pyrrole nitrogens is 1. The van der Waals surface area contributed by atoms with Crippen LogP contribution < -0.4 is 5.73 Å². The number of nitrogens with two attached hydrogens (primary N) is 1. The van der Waals surface area contributed by atoms with E-state index >= 15 is 0 Å². The van der Waals surface area contributed by atoms with E-state index in [0.717, 1.165) is 10.0 Å². The number of nitrogen functional groups attached to an aromatic ring is 1. The third kappa shape index (κ3) is 1.74. The Bertz CT molecular complexity index is 507. The molecule has 0 saturated carbocycles. The first-order valence-electron chi connectivity index (χ1n) is 4.35. The summed E-state index contributed by atoms with van der Waals surface area (Å²) in [4.78, 5) is 0. The van der Waals surface area contributed by atoms with Crippen molar-refractivity contribution < 1.29 is 4.39 Å². The van der Waals surface area contributed by atoms with E-state index in [4.69, 9.17) is 5.73 Å². The highest BCUT2D eigenvalue weighted by atomic mass is 79.9. The molecule has 1 heterocycles. The zero-order valence-electron chi connectivity index (χ0n) is 8.01. The smallest absolute Gasteiger partial charge is 0.192 e. The molecule has 0 aliphatic carbocycles. The lowest BCUT2D eigenvalue weighted by Gasteiger charge is -2.01. The highest BCUT2D eigenvalue weighted by Gasteiger charge is 2.12. The fraction of sp³-hybridized carbons (Fsp3) is 0.100. The van der Waals surface area contributed by atoms with Crippen molar-refractivity contribution in [3.05, 3.63) is 34.1 Å². The van der Waals surface area contributed by atoms with Gasteiger partial charge in [-0.25, -0.2) is 4.39 Å². The summed E-state index contributed by atoms with van der Waals surface area (Å²) in [7, 11) is 0. The average molecular weight is 270 g/mol. The monoisotopic (exact) mass is 269 g/mol. The second-order valence-corrected chi connectivity index (χ2v) is 4.12. The minimum absolute atomic E-state index is 0.110. The molecule has 0 aliphatic heterocycles. The molecule has 3 nitrogen and oxygen atoms in total. The van der Waals surface area contributed by atoms with Crippen molar-refractivity contribution >= 4 is 21.7 Å². The Morgan fingerprint density at radius 3 is 2.73 bits per heavy atom. The maximum absolute atomic E-state index is 13.4. The van der Waals surface area contributed by atoms with Crippen LogP contribution in [-0.2, 0) is 0 Å². The molecule has 0 atom stereocenters. The number of aryl methyl sites for hydroxylation is 1. The molecule has 1 aromatic heterocycles. The number of halogens is 2. The van der Waals surface area contributed by atoms with Gasteiger partial charge in [-0.15, -0.1) is 0 Å². The maximum atomic E-state index is 13.4. The summed E-state index contributed by atoms with van der Waals surface area (Å²) in [6.07, 6.45) is 0. The van der Waals surface area contributed by atoms with Gasteiger partial charge in [-0.1, -0.05) is 28.1 Å². The van der Waals surface area contributed by atoms with Crippen LogP contribution in [0.4, 0.5) is 10.2 Å². The number of aromatic amines is 1. The van der Waals surface area contributed by atoms with Crippen LogP contribution >= 0.6 is 15.9 Å². The molecule has 0 fully saturated rings. The zero-order valence-corrected chi connectivity index (χ0v) is 9.60. The predicted molar refractivity (Wildman–Crippen MR) is 60.8 cm³/mol. The van der Waals surface area contributed by atoms with Crippen LogP contribution in [0.2, 0.25) is 0 Å². The van der Waals surface area contributed by atoms with Crippen LogP contribution in [0.5, 0.6) is 0 Å². The van der Waals surface area contributed by atoms with Crippen molar-refractivity contribution in [2.45, 2.75) is 6.92 Å². The number of nitrogens with zero attached hydrogens (tertiary/aromatic N) is 1. The van der Waals surface area contributed by atoms with Gasteiger partial charge in [0.05, 0.1) is 0 Å². The number of nitrogens with one attached hydrogen (secondary N) is 1. The number of anilines is 1. The first-order valence-corrected chi connectivity index (χ1v) is 5.14. The molecule has 0 radical (unpaired) electrons. The van der Waals surface area contributed by atoms with Gasteiger partial charge in [0, 0.05) is 10.0 Å². The van der Waals surface area contributed by atoms with Gasteiger partial charge in [0.1, 0.15) is 5.69 Å². The van der Waals surface area contributed by atoms with Gasteiger partial charge in [-0.05, 0) is 18.6 Å². The Morgan fingerprint density at radius 2 is 2.20 bits per heavy atom. The molecule has 5 heteroatoms. The van der Waals surface area contributed by atoms with Crippen molar-refractivity contribution in [3.8, 4) is 11.3 Å². The van der Waals surface area contributed by atoms with E-state index in [2.05, 4.69) is 26.1 Å². The van der Waals surface area contributed by atoms with Crippen LogP contribution in [0.1, 0.15) is 5.56 Å². The second kappa shape index (κ2) is 3.66. The summed E-state index contributed by atoms with van der Waals surface area (Å²) in [5.41, 5.74) is 7.44. The van der Waals surface area contributed by atoms with E-state index in [9.17, 15) is 4.39 Å². The molecule has 2 aromatic rings. The number of hydrogen-bond donors (Lipinski definition) is 2. The van der Waals surface area contributed by atoms with Crippen LogP contribution in [0, 0.1) is 12.7 Å². The van der Waals surface area contributed by atoms with E-state index in [1.165, 1.54) is 0 Å². The van der Waals surface area contributed by atoms with E-state index in [1.54, 1.807) is 0 Å². The van der Waals surface area contributed by atoms with Gasteiger partial charge < -0.3 is 5.73 Å². The van der Waals surface area contributed by atoms with Gasteiger partial charge in [0.15, 0.2) is 11.6 Å². The number of benzene rings is 1. The summed E-state index contributed by atoms with van der Waals surface area (Å²) >= 11 is 3.39. The standard InChI is InChI=1S/C10H9BrFN3/c1-5-2-3-6(4-7(5)11)9-8(12)10(13)15-14-9/h2-4H,1H3,(H3,13,14,15). The molecule has 3 N–H and O–H groups in total. The summed E-state index contributed by atoms with van der Waals surface area (Å²) in [6, 6.07) is 5.54. The number of rotatable bonds is 1. The van der Waals surface area contributed by atoms with Crippen LogP contribution in [-0.4, -0.2) is 10.2 Å². The molecule has 0 saturated heterocycles. The summed E-state index contributed by atoms with van der Waals surface area (Å²) in [6.45, 7) is 1.96. The van der Waals surface area contributed by atoms with Crippen LogP contribution in [0.15, 0.2) is 22.7 Å². The first kappa shape index (κ1) is 10.2. The Hall–Kier alpha value is -1.36. The molecule has 0 aliphatic rings. The van der Waals surface area contributed by atoms with Gasteiger partial charge in [-0.3, -0.25) is 5.10 Å². The van der Waals surface area contributed by atoms with Gasteiger partial charge in [0.2, 0.25) is 0 Å². The Morgan fingerprint density at radius 1 is 1.47 bits per heavy atom. The minimum Gasteiger partial charge on any atom is -0.380 e. The summed E-state index contributed by atoms with van der Waals surface area (Å²) < 4.78 is 14.4. The normalized spacial score (nSPS) is 10.6. The highest BCUT2D eigenvalue weighted by molar-refractivity contribution is 9.10. The van der Waals surface area contributed by atoms with E-state index < -0.39 is 5.82 Å². The Kier molecular flexibility index (Phi) is 2.48. The highest BCUT2D eigenvalue weighted by Crippen LogP contribution is 2.27. The lowest BCUT2D eigenvalue weighted by Crippen LogP contribution is -1.87. The molecular weight excluding hydrogens is 261 g/mol. The summed E-state index contributed by atoms with van der Waals surface area (Å²) in [5, 5.41) is 6.17. The third-order valence-corrected chi connectivity index (χ3v) is 3.05.